The Labute approximate surface area is 114 Å². The highest BCUT2D eigenvalue weighted by atomic mass is 16.5. The fourth-order valence-corrected chi connectivity index (χ4v) is 2.86. The molecule has 2 aliphatic heterocycles. The van der Waals surface area contributed by atoms with Crippen LogP contribution < -0.4 is 10.2 Å². The first-order valence-corrected chi connectivity index (χ1v) is 7.22. The van der Waals surface area contributed by atoms with Gasteiger partial charge in [-0.2, -0.15) is 5.10 Å². The largest absolute Gasteiger partial charge is 0.381 e. The van der Waals surface area contributed by atoms with Gasteiger partial charge in [0.1, 0.15) is 0 Å². The molecule has 19 heavy (non-hydrogen) atoms. The van der Waals surface area contributed by atoms with Gasteiger partial charge in [0.2, 0.25) is 0 Å². The van der Waals surface area contributed by atoms with Crippen LogP contribution in [0.3, 0.4) is 0 Å². The fraction of sp³-hybridized carbons (Fsp3) is 0.714. The van der Waals surface area contributed by atoms with Gasteiger partial charge in [-0.25, -0.2) is 0 Å². The van der Waals surface area contributed by atoms with Gasteiger partial charge in [-0.15, -0.1) is 5.10 Å². The Balaban J connectivity index is 1.67. The van der Waals surface area contributed by atoms with Gasteiger partial charge in [0.05, 0.1) is 5.69 Å². The minimum absolute atomic E-state index is 0.519. The van der Waals surface area contributed by atoms with Crippen LogP contribution in [-0.4, -0.2) is 49.1 Å². The van der Waals surface area contributed by atoms with Gasteiger partial charge in [-0.1, -0.05) is 0 Å². The van der Waals surface area contributed by atoms with Gasteiger partial charge in [0, 0.05) is 44.8 Å². The molecule has 104 valence electrons. The van der Waals surface area contributed by atoms with E-state index < -0.39 is 0 Å². The van der Waals surface area contributed by atoms with Gasteiger partial charge in [-0.3, -0.25) is 0 Å². The van der Waals surface area contributed by atoms with Crippen molar-refractivity contribution in [3.8, 4) is 0 Å². The van der Waals surface area contributed by atoms with E-state index in [2.05, 4.69) is 39.5 Å². The number of anilines is 1. The van der Waals surface area contributed by atoms with Gasteiger partial charge in [0.15, 0.2) is 5.82 Å². The maximum Gasteiger partial charge on any atom is 0.151 e. The van der Waals surface area contributed by atoms with Crippen molar-refractivity contribution >= 4 is 5.82 Å². The van der Waals surface area contributed by atoms with E-state index in [1.54, 1.807) is 0 Å². The summed E-state index contributed by atoms with van der Waals surface area (Å²) in [6, 6.07) is 4.78. The van der Waals surface area contributed by atoms with Crippen LogP contribution in [0.25, 0.3) is 0 Å². The lowest BCUT2D eigenvalue weighted by Crippen LogP contribution is -2.49. The molecule has 2 saturated heterocycles. The highest BCUT2D eigenvalue weighted by Crippen LogP contribution is 2.25. The number of hydrogen-bond donors (Lipinski definition) is 1. The van der Waals surface area contributed by atoms with Crippen molar-refractivity contribution in [2.75, 3.05) is 37.7 Å². The number of aromatic nitrogens is 2. The Bertz CT molecular complexity index is 402. The Hall–Kier alpha value is -1.20. The summed E-state index contributed by atoms with van der Waals surface area (Å²) in [5.41, 5.74) is 1.12. The van der Waals surface area contributed by atoms with E-state index in [4.69, 9.17) is 4.74 Å². The number of ether oxygens (including phenoxy) is 1. The second-order valence-electron chi connectivity index (χ2n) is 5.50. The van der Waals surface area contributed by atoms with Crippen LogP contribution in [0.1, 0.15) is 31.4 Å². The molecule has 3 heterocycles. The van der Waals surface area contributed by atoms with Crippen LogP contribution in [0.5, 0.6) is 0 Å². The zero-order valence-corrected chi connectivity index (χ0v) is 11.5. The summed E-state index contributed by atoms with van der Waals surface area (Å²) in [6.07, 6.45) is 2.14. The van der Waals surface area contributed by atoms with Crippen LogP contribution in [-0.2, 0) is 4.74 Å². The number of rotatable bonds is 2. The quantitative estimate of drug-likeness (QED) is 0.867. The van der Waals surface area contributed by atoms with E-state index >= 15 is 0 Å². The van der Waals surface area contributed by atoms with E-state index in [0.717, 1.165) is 57.2 Å². The third kappa shape index (κ3) is 3.04. The molecule has 1 aromatic rings. The van der Waals surface area contributed by atoms with Crippen molar-refractivity contribution in [3.05, 3.63) is 17.8 Å². The Kier molecular flexibility index (Phi) is 3.94. The minimum atomic E-state index is 0.519. The summed E-state index contributed by atoms with van der Waals surface area (Å²) in [6.45, 7) is 6.94. The van der Waals surface area contributed by atoms with Crippen LogP contribution in [0.15, 0.2) is 12.1 Å². The number of hydrogen-bond acceptors (Lipinski definition) is 5. The lowest BCUT2D eigenvalue weighted by molar-refractivity contribution is 0.0843. The van der Waals surface area contributed by atoms with Crippen molar-refractivity contribution in [2.45, 2.75) is 31.7 Å². The minimum Gasteiger partial charge on any atom is -0.381 e. The van der Waals surface area contributed by atoms with E-state index in [1.165, 1.54) is 0 Å². The lowest BCUT2D eigenvalue weighted by atomic mass is 9.96. The summed E-state index contributed by atoms with van der Waals surface area (Å²) < 4.78 is 5.39. The van der Waals surface area contributed by atoms with Crippen LogP contribution >= 0.6 is 0 Å². The molecule has 1 atom stereocenters. The zero-order valence-electron chi connectivity index (χ0n) is 11.5. The average Bonchev–Trinajstić information content (AvgIpc) is 2.48. The fourth-order valence-electron chi connectivity index (χ4n) is 2.86. The molecule has 0 spiro atoms. The number of piperazine rings is 1. The maximum atomic E-state index is 5.39. The smallest absolute Gasteiger partial charge is 0.151 e. The predicted molar refractivity (Wildman–Crippen MR) is 74.5 cm³/mol. The van der Waals surface area contributed by atoms with E-state index in [9.17, 15) is 0 Å². The Morgan fingerprint density at radius 3 is 2.79 bits per heavy atom. The van der Waals surface area contributed by atoms with Crippen molar-refractivity contribution in [1.82, 2.24) is 15.5 Å². The average molecular weight is 262 g/mol. The normalized spacial score (nSPS) is 25.5. The summed E-state index contributed by atoms with van der Waals surface area (Å²) >= 11 is 0. The molecule has 0 amide bonds. The van der Waals surface area contributed by atoms with Gasteiger partial charge in [-0.05, 0) is 31.9 Å². The molecule has 1 unspecified atom stereocenters. The van der Waals surface area contributed by atoms with Crippen molar-refractivity contribution in [1.29, 1.82) is 0 Å². The molecule has 0 bridgehead atoms. The molecule has 2 fully saturated rings. The molecule has 3 rings (SSSR count). The standard InChI is InChI=1S/C14H22N4O/c1-11-10-18(7-6-15-11)14-3-2-13(16-17-14)12-4-8-19-9-5-12/h2-3,11-12,15H,4-10H2,1H3. The molecule has 0 aromatic carbocycles. The lowest BCUT2D eigenvalue weighted by Gasteiger charge is -2.32. The SMILES string of the molecule is CC1CN(c2ccc(C3CCOCC3)nn2)CCN1. The van der Waals surface area contributed by atoms with E-state index in [-0.39, 0.29) is 0 Å². The highest BCUT2D eigenvalue weighted by molar-refractivity contribution is 5.38. The topological polar surface area (TPSA) is 50.3 Å². The van der Waals surface area contributed by atoms with Gasteiger partial charge >= 0.3 is 0 Å². The molecular weight excluding hydrogens is 240 g/mol. The second-order valence-corrected chi connectivity index (χ2v) is 5.50. The molecule has 2 aliphatic rings. The molecule has 0 saturated carbocycles. The molecular formula is C14H22N4O. The Morgan fingerprint density at radius 2 is 2.11 bits per heavy atom. The summed E-state index contributed by atoms with van der Waals surface area (Å²) in [7, 11) is 0. The summed E-state index contributed by atoms with van der Waals surface area (Å²) in [4.78, 5) is 2.31. The molecule has 1 aromatic heterocycles. The molecule has 5 nitrogen and oxygen atoms in total. The van der Waals surface area contributed by atoms with E-state index in [1.807, 2.05) is 0 Å². The molecule has 5 heteroatoms. The zero-order chi connectivity index (χ0) is 13.1. The summed E-state index contributed by atoms with van der Waals surface area (Å²) in [5, 5.41) is 12.3. The van der Waals surface area contributed by atoms with Crippen molar-refractivity contribution < 1.29 is 4.74 Å². The third-order valence-corrected chi connectivity index (χ3v) is 4.00. The molecule has 0 aliphatic carbocycles. The first-order valence-electron chi connectivity index (χ1n) is 7.22. The number of nitrogens with one attached hydrogen (secondary N) is 1. The summed E-state index contributed by atoms with van der Waals surface area (Å²) in [5.74, 6) is 1.53. The van der Waals surface area contributed by atoms with Gasteiger partial charge in [0.25, 0.3) is 0 Å². The predicted octanol–water partition coefficient (Wildman–Crippen LogP) is 1.17. The van der Waals surface area contributed by atoms with Crippen molar-refractivity contribution in [3.63, 3.8) is 0 Å². The third-order valence-electron chi connectivity index (χ3n) is 4.00. The monoisotopic (exact) mass is 262 g/mol. The first-order chi connectivity index (χ1) is 9.33. The van der Waals surface area contributed by atoms with Crippen LogP contribution in [0.4, 0.5) is 5.82 Å². The maximum absolute atomic E-state index is 5.39. The first kappa shape index (κ1) is 12.8. The molecule has 1 N–H and O–H groups in total. The number of nitrogens with zero attached hydrogens (tertiary/aromatic N) is 3. The van der Waals surface area contributed by atoms with E-state index in [0.29, 0.717) is 12.0 Å². The highest BCUT2D eigenvalue weighted by Gasteiger charge is 2.20. The van der Waals surface area contributed by atoms with Gasteiger partial charge < -0.3 is 15.0 Å². The Morgan fingerprint density at radius 1 is 1.26 bits per heavy atom. The van der Waals surface area contributed by atoms with Crippen LogP contribution in [0.2, 0.25) is 0 Å². The second kappa shape index (κ2) is 5.84. The molecule has 0 radical (unpaired) electrons. The van der Waals surface area contributed by atoms with Crippen LogP contribution in [0, 0.1) is 0 Å². The van der Waals surface area contributed by atoms with Crippen molar-refractivity contribution in [2.24, 2.45) is 0 Å².